The third-order valence-corrected chi connectivity index (χ3v) is 3.16. The highest BCUT2D eigenvalue weighted by molar-refractivity contribution is 7.17. The van der Waals surface area contributed by atoms with Crippen LogP contribution in [0.4, 0.5) is 5.00 Å². The maximum Gasteiger partial charge on any atom is 0.345 e. The van der Waals surface area contributed by atoms with Crippen LogP contribution >= 0.6 is 11.3 Å². The molecular formula is C10H15NO2S. The average molecular weight is 213 g/mol. The second-order valence-corrected chi connectivity index (χ2v) is 4.39. The van der Waals surface area contributed by atoms with E-state index in [-0.39, 0.29) is 0 Å². The number of hydrogen-bond acceptors (Lipinski definition) is 3. The molecule has 0 bridgehead atoms. The maximum atomic E-state index is 10.7. The van der Waals surface area contributed by atoms with E-state index in [0.717, 1.165) is 11.5 Å². The fourth-order valence-electron chi connectivity index (χ4n) is 1.37. The lowest BCUT2D eigenvalue weighted by Crippen LogP contribution is -2.29. The van der Waals surface area contributed by atoms with Gasteiger partial charge < -0.3 is 10.0 Å². The summed E-state index contributed by atoms with van der Waals surface area (Å²) >= 11 is 1.33. The van der Waals surface area contributed by atoms with Gasteiger partial charge in [0.15, 0.2) is 0 Å². The topological polar surface area (TPSA) is 40.5 Å². The van der Waals surface area contributed by atoms with Crippen LogP contribution in [0.3, 0.4) is 0 Å². The lowest BCUT2D eigenvalue weighted by molar-refractivity contribution is 0.0702. The molecule has 0 fully saturated rings. The summed E-state index contributed by atoms with van der Waals surface area (Å²) in [6, 6.07) is 3.94. The van der Waals surface area contributed by atoms with Gasteiger partial charge in [-0.2, -0.15) is 0 Å². The van der Waals surface area contributed by atoms with E-state index in [9.17, 15) is 4.79 Å². The molecule has 78 valence electrons. The molecule has 0 radical (unpaired) electrons. The summed E-state index contributed by atoms with van der Waals surface area (Å²) in [5, 5.41) is 9.81. The number of hydrogen-bond donors (Lipinski definition) is 1. The number of carboxylic acid groups (broad SMARTS) is 1. The molecule has 1 N–H and O–H groups in total. The van der Waals surface area contributed by atoms with Crippen LogP contribution in [0.15, 0.2) is 12.1 Å². The normalized spacial score (nSPS) is 10.6. The fourth-order valence-corrected chi connectivity index (χ4v) is 2.41. The van der Waals surface area contributed by atoms with Gasteiger partial charge in [-0.15, -0.1) is 11.3 Å². The Morgan fingerprint density at radius 3 is 2.57 bits per heavy atom. The van der Waals surface area contributed by atoms with Gasteiger partial charge in [0, 0.05) is 12.6 Å². The van der Waals surface area contributed by atoms with Crippen LogP contribution in [-0.4, -0.2) is 23.7 Å². The molecule has 0 saturated carbocycles. The summed E-state index contributed by atoms with van der Waals surface area (Å²) in [6.07, 6.45) is 0. The minimum absolute atomic E-state index is 0.402. The van der Waals surface area contributed by atoms with Crippen molar-refractivity contribution in [2.75, 3.05) is 11.4 Å². The summed E-state index contributed by atoms with van der Waals surface area (Å²) in [5.41, 5.74) is 0. The van der Waals surface area contributed by atoms with E-state index in [2.05, 4.69) is 25.7 Å². The van der Waals surface area contributed by atoms with E-state index in [0.29, 0.717) is 10.9 Å². The summed E-state index contributed by atoms with van der Waals surface area (Å²) in [4.78, 5) is 13.3. The molecule has 0 atom stereocenters. The van der Waals surface area contributed by atoms with Gasteiger partial charge in [-0.1, -0.05) is 0 Å². The van der Waals surface area contributed by atoms with Crippen molar-refractivity contribution < 1.29 is 9.90 Å². The Morgan fingerprint density at radius 2 is 2.21 bits per heavy atom. The third-order valence-electron chi connectivity index (χ3n) is 2.05. The number of thiophene rings is 1. The number of carbonyl (C=O) groups is 1. The first-order valence-electron chi connectivity index (χ1n) is 4.66. The van der Waals surface area contributed by atoms with E-state index >= 15 is 0 Å². The maximum absolute atomic E-state index is 10.7. The predicted octanol–water partition coefficient (Wildman–Crippen LogP) is 2.68. The second-order valence-electron chi connectivity index (χ2n) is 3.32. The average Bonchev–Trinajstić information content (AvgIpc) is 2.53. The highest BCUT2D eigenvalue weighted by Gasteiger charge is 2.13. The second kappa shape index (κ2) is 4.46. The molecule has 14 heavy (non-hydrogen) atoms. The molecule has 0 amide bonds. The van der Waals surface area contributed by atoms with Gasteiger partial charge in [0.1, 0.15) is 4.88 Å². The molecule has 0 aliphatic rings. The molecule has 0 aliphatic heterocycles. The van der Waals surface area contributed by atoms with Crippen LogP contribution in [0.25, 0.3) is 0 Å². The minimum Gasteiger partial charge on any atom is -0.477 e. The Hall–Kier alpha value is -1.03. The molecule has 0 aliphatic carbocycles. The molecule has 1 aromatic rings. The SMILES string of the molecule is CCN(c1ccc(C(=O)O)s1)C(C)C. The Kier molecular flexibility index (Phi) is 3.52. The van der Waals surface area contributed by atoms with Crippen molar-refractivity contribution in [1.29, 1.82) is 0 Å². The third kappa shape index (κ3) is 2.26. The van der Waals surface area contributed by atoms with Crippen molar-refractivity contribution in [3.8, 4) is 0 Å². The largest absolute Gasteiger partial charge is 0.477 e. The molecule has 1 heterocycles. The molecule has 1 aromatic heterocycles. The van der Waals surface area contributed by atoms with Crippen LogP contribution in [0, 0.1) is 0 Å². The molecule has 0 spiro atoms. The number of anilines is 1. The number of carboxylic acids is 1. The van der Waals surface area contributed by atoms with E-state index < -0.39 is 5.97 Å². The van der Waals surface area contributed by atoms with Gasteiger partial charge in [0.25, 0.3) is 0 Å². The van der Waals surface area contributed by atoms with Crippen molar-refractivity contribution >= 4 is 22.3 Å². The van der Waals surface area contributed by atoms with E-state index in [1.165, 1.54) is 11.3 Å². The van der Waals surface area contributed by atoms with Gasteiger partial charge in [-0.3, -0.25) is 0 Å². The fraction of sp³-hybridized carbons (Fsp3) is 0.500. The smallest absolute Gasteiger partial charge is 0.345 e. The van der Waals surface area contributed by atoms with Crippen LogP contribution in [0.5, 0.6) is 0 Å². The van der Waals surface area contributed by atoms with Gasteiger partial charge in [-0.25, -0.2) is 4.79 Å². The van der Waals surface area contributed by atoms with Crippen molar-refractivity contribution in [2.45, 2.75) is 26.8 Å². The molecule has 0 aromatic carbocycles. The standard InChI is InChI=1S/C10H15NO2S/c1-4-11(7(2)3)9-6-5-8(14-9)10(12)13/h5-7H,4H2,1-3H3,(H,12,13). The van der Waals surface area contributed by atoms with Gasteiger partial charge in [0.05, 0.1) is 5.00 Å². The van der Waals surface area contributed by atoms with Crippen LogP contribution in [-0.2, 0) is 0 Å². The molecule has 4 heteroatoms. The van der Waals surface area contributed by atoms with E-state index in [1.54, 1.807) is 6.07 Å². The Labute approximate surface area is 88.0 Å². The zero-order valence-electron chi connectivity index (χ0n) is 8.65. The molecule has 0 unspecified atom stereocenters. The zero-order valence-corrected chi connectivity index (χ0v) is 9.47. The summed E-state index contributed by atoms with van der Waals surface area (Å²) < 4.78 is 0. The van der Waals surface area contributed by atoms with Crippen molar-refractivity contribution in [2.24, 2.45) is 0 Å². The molecule has 0 saturated heterocycles. The Bertz CT molecular complexity index is 320. The monoisotopic (exact) mass is 213 g/mol. The number of aromatic carboxylic acids is 1. The summed E-state index contributed by atoms with van der Waals surface area (Å²) in [5.74, 6) is -0.846. The molecule has 3 nitrogen and oxygen atoms in total. The molecule has 1 rings (SSSR count). The minimum atomic E-state index is -0.846. The predicted molar refractivity (Wildman–Crippen MR) is 59.4 cm³/mol. The van der Waals surface area contributed by atoms with Crippen LogP contribution in [0.1, 0.15) is 30.4 Å². The van der Waals surface area contributed by atoms with Crippen molar-refractivity contribution in [3.63, 3.8) is 0 Å². The molecular weight excluding hydrogens is 198 g/mol. The van der Waals surface area contributed by atoms with Crippen LogP contribution in [0.2, 0.25) is 0 Å². The van der Waals surface area contributed by atoms with E-state index in [4.69, 9.17) is 5.11 Å². The summed E-state index contributed by atoms with van der Waals surface area (Å²) in [7, 11) is 0. The first-order valence-corrected chi connectivity index (χ1v) is 5.47. The highest BCUT2D eigenvalue weighted by atomic mass is 32.1. The van der Waals surface area contributed by atoms with Crippen molar-refractivity contribution in [1.82, 2.24) is 0 Å². The van der Waals surface area contributed by atoms with Gasteiger partial charge >= 0.3 is 5.97 Å². The Morgan fingerprint density at radius 1 is 1.57 bits per heavy atom. The van der Waals surface area contributed by atoms with Gasteiger partial charge in [-0.05, 0) is 32.9 Å². The first kappa shape index (κ1) is 11.0. The lowest BCUT2D eigenvalue weighted by Gasteiger charge is -2.25. The number of rotatable bonds is 4. The lowest BCUT2D eigenvalue weighted by atomic mass is 10.3. The Balaban J connectivity index is 2.89. The quantitative estimate of drug-likeness (QED) is 0.836. The van der Waals surface area contributed by atoms with E-state index in [1.807, 2.05) is 6.07 Å². The first-order chi connectivity index (χ1) is 6.56. The van der Waals surface area contributed by atoms with Crippen LogP contribution < -0.4 is 4.90 Å². The highest BCUT2D eigenvalue weighted by Crippen LogP contribution is 2.27. The van der Waals surface area contributed by atoms with Gasteiger partial charge in [0.2, 0.25) is 0 Å². The summed E-state index contributed by atoms with van der Waals surface area (Å²) in [6.45, 7) is 7.17. The van der Waals surface area contributed by atoms with Crippen molar-refractivity contribution in [3.05, 3.63) is 17.0 Å². The zero-order chi connectivity index (χ0) is 10.7. The number of nitrogens with zero attached hydrogens (tertiary/aromatic N) is 1.